The van der Waals surface area contributed by atoms with Gasteiger partial charge in [0, 0.05) is 26.2 Å². The molecule has 1 rings (SSSR count). The van der Waals surface area contributed by atoms with Gasteiger partial charge in [0.15, 0.2) is 0 Å². The van der Waals surface area contributed by atoms with Gasteiger partial charge in [-0.15, -0.1) is 0 Å². The van der Waals surface area contributed by atoms with Gasteiger partial charge in [-0.1, -0.05) is 0 Å². The summed E-state index contributed by atoms with van der Waals surface area (Å²) in [5.41, 5.74) is 12.2. The van der Waals surface area contributed by atoms with Gasteiger partial charge in [0.05, 0.1) is 16.8 Å². The van der Waals surface area contributed by atoms with Crippen molar-refractivity contribution in [2.75, 3.05) is 31.7 Å². The van der Waals surface area contributed by atoms with Crippen molar-refractivity contribution in [1.82, 2.24) is 4.90 Å². The Morgan fingerprint density at radius 3 is 2.35 bits per heavy atom. The predicted octanol–water partition coefficient (Wildman–Crippen LogP) is 0.894. The monoisotopic (exact) mass is 278 g/mol. The average Bonchev–Trinajstić information content (AvgIpc) is 2.36. The lowest BCUT2D eigenvalue weighted by Crippen LogP contribution is -2.37. The molecule has 110 valence electrons. The van der Waals surface area contributed by atoms with E-state index < -0.39 is 5.41 Å². The van der Waals surface area contributed by atoms with Crippen LogP contribution in [0, 0.1) is 5.41 Å². The topological polar surface area (TPSA) is 101 Å². The van der Waals surface area contributed by atoms with Gasteiger partial charge in [-0.2, -0.15) is 0 Å². The third kappa shape index (κ3) is 3.63. The maximum Gasteiger partial charge on any atom is 0.253 e. The number of rotatable bonds is 5. The van der Waals surface area contributed by atoms with Crippen LogP contribution in [-0.2, 0) is 4.79 Å². The summed E-state index contributed by atoms with van der Waals surface area (Å²) in [6.45, 7) is 3.87. The quantitative estimate of drug-likeness (QED) is 0.696. The summed E-state index contributed by atoms with van der Waals surface area (Å²) in [7, 11) is 3.36. The molecule has 6 nitrogen and oxygen atoms in total. The molecule has 0 heterocycles. The van der Waals surface area contributed by atoms with Crippen molar-refractivity contribution < 1.29 is 9.59 Å². The number of nitrogen functional groups attached to an aromatic ring is 1. The highest BCUT2D eigenvalue weighted by molar-refractivity contribution is 5.95. The predicted molar refractivity (Wildman–Crippen MR) is 80.3 cm³/mol. The molecule has 0 fully saturated rings. The van der Waals surface area contributed by atoms with Gasteiger partial charge in [0.2, 0.25) is 5.91 Å². The smallest absolute Gasteiger partial charge is 0.253 e. The summed E-state index contributed by atoms with van der Waals surface area (Å²) in [6, 6.07) is 5.03. The molecule has 0 aromatic heterocycles. The Bertz CT molecular complexity index is 524. The molecule has 0 unspecified atom stereocenters. The van der Waals surface area contributed by atoms with E-state index in [4.69, 9.17) is 11.5 Å². The van der Waals surface area contributed by atoms with E-state index in [9.17, 15) is 9.59 Å². The van der Waals surface area contributed by atoms with Crippen LogP contribution >= 0.6 is 0 Å². The second kappa shape index (κ2) is 5.81. The number of carbonyl (C=O) groups is 2. The van der Waals surface area contributed by atoms with Gasteiger partial charge < -0.3 is 21.7 Å². The highest BCUT2D eigenvalue weighted by Crippen LogP contribution is 2.23. The minimum atomic E-state index is -0.676. The van der Waals surface area contributed by atoms with Crippen molar-refractivity contribution in [1.29, 1.82) is 0 Å². The lowest BCUT2D eigenvalue weighted by Gasteiger charge is -2.22. The molecule has 20 heavy (non-hydrogen) atoms. The summed E-state index contributed by atoms with van der Waals surface area (Å²) >= 11 is 0. The molecular formula is C14H22N4O2. The van der Waals surface area contributed by atoms with Crippen LogP contribution in [0.2, 0.25) is 0 Å². The third-order valence-electron chi connectivity index (χ3n) is 3.09. The van der Waals surface area contributed by atoms with E-state index >= 15 is 0 Å². The fraction of sp³-hybridized carbons (Fsp3) is 0.429. The summed E-state index contributed by atoms with van der Waals surface area (Å²) in [5, 5.41) is 3.08. The van der Waals surface area contributed by atoms with E-state index in [2.05, 4.69) is 5.32 Å². The Morgan fingerprint density at radius 1 is 1.30 bits per heavy atom. The zero-order valence-electron chi connectivity index (χ0n) is 12.4. The van der Waals surface area contributed by atoms with Crippen LogP contribution in [0.1, 0.15) is 24.2 Å². The second-order valence-corrected chi connectivity index (χ2v) is 5.60. The van der Waals surface area contributed by atoms with E-state index in [0.29, 0.717) is 23.5 Å². The van der Waals surface area contributed by atoms with Crippen molar-refractivity contribution >= 4 is 23.2 Å². The Hall–Kier alpha value is -2.24. The first-order valence-corrected chi connectivity index (χ1v) is 6.30. The Morgan fingerprint density at radius 2 is 1.90 bits per heavy atom. The molecule has 5 N–H and O–H groups in total. The van der Waals surface area contributed by atoms with E-state index in [1.54, 1.807) is 46.1 Å². The molecule has 0 aliphatic carbocycles. The molecular weight excluding hydrogens is 256 g/mol. The Labute approximate surface area is 119 Å². The van der Waals surface area contributed by atoms with E-state index in [1.807, 2.05) is 0 Å². The first-order valence-electron chi connectivity index (χ1n) is 6.30. The Balaban J connectivity index is 2.85. The number of hydrogen-bond acceptors (Lipinski definition) is 4. The van der Waals surface area contributed by atoms with Crippen molar-refractivity contribution in [3.8, 4) is 0 Å². The van der Waals surface area contributed by atoms with Crippen molar-refractivity contribution in [2.45, 2.75) is 13.8 Å². The van der Waals surface area contributed by atoms with Crippen LogP contribution in [-0.4, -0.2) is 37.4 Å². The highest BCUT2D eigenvalue weighted by atomic mass is 16.2. The first-order chi connectivity index (χ1) is 9.15. The molecule has 0 radical (unpaired) electrons. The normalized spacial score (nSPS) is 11.0. The van der Waals surface area contributed by atoms with E-state index in [-0.39, 0.29) is 11.8 Å². The van der Waals surface area contributed by atoms with Crippen LogP contribution in [0.4, 0.5) is 11.4 Å². The lowest BCUT2D eigenvalue weighted by atomic mass is 9.92. The number of hydrogen-bond donors (Lipinski definition) is 3. The van der Waals surface area contributed by atoms with Gasteiger partial charge in [-0.3, -0.25) is 9.59 Å². The third-order valence-corrected chi connectivity index (χ3v) is 3.09. The number of benzene rings is 1. The zero-order valence-corrected chi connectivity index (χ0v) is 12.4. The number of anilines is 2. The number of amides is 2. The van der Waals surface area contributed by atoms with Crippen LogP contribution in [0.5, 0.6) is 0 Å². The largest absolute Gasteiger partial charge is 0.397 e. The van der Waals surface area contributed by atoms with Crippen LogP contribution < -0.4 is 16.8 Å². The maximum absolute atomic E-state index is 11.8. The molecule has 0 aliphatic heterocycles. The fourth-order valence-corrected chi connectivity index (χ4v) is 1.52. The molecule has 0 aliphatic rings. The lowest BCUT2D eigenvalue weighted by molar-refractivity contribution is -0.125. The fourth-order valence-electron chi connectivity index (χ4n) is 1.52. The minimum Gasteiger partial charge on any atom is -0.397 e. The summed E-state index contributed by atoms with van der Waals surface area (Å²) < 4.78 is 0. The standard InChI is InChI=1S/C14H22N4O2/c1-14(2,13(16)20)8-17-11-6-5-9(7-10(11)15)12(19)18(3)4/h5-7,17H,8,15H2,1-4H3,(H2,16,20). The van der Waals surface area contributed by atoms with E-state index in [0.717, 1.165) is 0 Å². The number of nitrogens with two attached hydrogens (primary N) is 2. The maximum atomic E-state index is 11.8. The van der Waals surface area contributed by atoms with Crippen LogP contribution in [0.15, 0.2) is 18.2 Å². The van der Waals surface area contributed by atoms with Gasteiger partial charge >= 0.3 is 0 Å². The van der Waals surface area contributed by atoms with Gasteiger partial charge in [0.1, 0.15) is 0 Å². The summed E-state index contributed by atoms with van der Waals surface area (Å²) in [4.78, 5) is 24.5. The van der Waals surface area contributed by atoms with Gasteiger partial charge in [0.25, 0.3) is 5.91 Å². The van der Waals surface area contributed by atoms with Crippen LogP contribution in [0.25, 0.3) is 0 Å². The number of carbonyl (C=O) groups excluding carboxylic acids is 2. The second-order valence-electron chi connectivity index (χ2n) is 5.60. The first kappa shape index (κ1) is 15.8. The van der Waals surface area contributed by atoms with Crippen molar-refractivity contribution in [3.05, 3.63) is 23.8 Å². The molecule has 2 amide bonds. The Kier molecular flexibility index (Phi) is 4.60. The average molecular weight is 278 g/mol. The summed E-state index contributed by atoms with van der Waals surface area (Å²) in [5.74, 6) is -0.497. The minimum absolute atomic E-state index is 0.110. The van der Waals surface area contributed by atoms with Crippen LogP contribution in [0.3, 0.4) is 0 Å². The summed E-state index contributed by atoms with van der Waals surface area (Å²) in [6.07, 6.45) is 0. The van der Waals surface area contributed by atoms with Gasteiger partial charge in [-0.25, -0.2) is 0 Å². The number of primary amides is 1. The molecule has 0 saturated carbocycles. The molecule has 6 heteroatoms. The van der Waals surface area contributed by atoms with Crippen molar-refractivity contribution in [2.24, 2.45) is 11.1 Å². The molecule has 0 spiro atoms. The SMILES string of the molecule is CN(C)C(=O)c1ccc(NCC(C)(C)C(N)=O)c(N)c1. The number of nitrogens with one attached hydrogen (secondary N) is 1. The van der Waals surface area contributed by atoms with Crippen molar-refractivity contribution in [3.63, 3.8) is 0 Å². The molecule has 1 aromatic rings. The van der Waals surface area contributed by atoms with E-state index in [1.165, 1.54) is 4.90 Å². The zero-order chi connectivity index (χ0) is 15.5. The molecule has 0 bridgehead atoms. The number of nitrogens with zero attached hydrogens (tertiary/aromatic N) is 1. The molecule has 1 aromatic carbocycles. The molecule has 0 saturated heterocycles. The highest BCUT2D eigenvalue weighted by Gasteiger charge is 2.24. The van der Waals surface area contributed by atoms with Gasteiger partial charge in [-0.05, 0) is 32.0 Å². The molecule has 0 atom stereocenters.